The number of ketones is 1. The minimum atomic E-state index is -0.614. The van der Waals surface area contributed by atoms with Crippen LogP contribution in [0.3, 0.4) is 0 Å². The molecule has 0 fully saturated rings. The van der Waals surface area contributed by atoms with Crippen LogP contribution in [0.25, 0.3) is 11.7 Å². The fourth-order valence-electron chi connectivity index (χ4n) is 2.29. The number of ether oxygens (including phenoxy) is 1. The summed E-state index contributed by atoms with van der Waals surface area (Å²) in [6, 6.07) is 8.43. The quantitative estimate of drug-likeness (QED) is 0.647. The van der Waals surface area contributed by atoms with E-state index in [2.05, 4.69) is 5.10 Å². The molecule has 0 amide bonds. The summed E-state index contributed by atoms with van der Waals surface area (Å²) in [5.74, 6) is 0.385. The number of aromatic nitrogens is 2. The van der Waals surface area contributed by atoms with E-state index in [0.717, 1.165) is 0 Å². The van der Waals surface area contributed by atoms with Gasteiger partial charge in [0.1, 0.15) is 5.75 Å². The molecule has 2 aromatic heterocycles. The van der Waals surface area contributed by atoms with Crippen molar-refractivity contribution in [2.75, 3.05) is 6.61 Å². The van der Waals surface area contributed by atoms with Gasteiger partial charge in [0.05, 0.1) is 19.4 Å². The number of furan rings is 1. The molecular weight excluding hydrogens is 312 g/mol. The van der Waals surface area contributed by atoms with Crippen LogP contribution in [-0.2, 0) is 6.54 Å². The van der Waals surface area contributed by atoms with Crippen LogP contribution in [-0.4, -0.2) is 22.2 Å². The van der Waals surface area contributed by atoms with E-state index in [1.54, 1.807) is 30.3 Å². The van der Waals surface area contributed by atoms with E-state index in [-0.39, 0.29) is 18.2 Å². The van der Waals surface area contributed by atoms with E-state index >= 15 is 0 Å². The monoisotopic (exact) mass is 328 g/mol. The molecule has 3 rings (SSSR count). The van der Waals surface area contributed by atoms with Crippen LogP contribution in [0.1, 0.15) is 29.8 Å². The second-order valence-electron chi connectivity index (χ2n) is 5.12. The maximum Gasteiger partial charge on any atom is 0.437 e. The van der Waals surface area contributed by atoms with Crippen LogP contribution >= 0.6 is 0 Å². The van der Waals surface area contributed by atoms with Gasteiger partial charge < -0.3 is 13.6 Å². The average Bonchev–Trinajstić information content (AvgIpc) is 3.19. The minimum Gasteiger partial charge on any atom is -0.494 e. The van der Waals surface area contributed by atoms with Crippen LogP contribution in [0.5, 0.6) is 5.75 Å². The third-order valence-electron chi connectivity index (χ3n) is 3.43. The van der Waals surface area contributed by atoms with Crippen molar-refractivity contribution in [1.82, 2.24) is 9.78 Å². The number of Topliss-reactive ketones (excluding diaryl/α,β-unsaturated/α-hetero) is 1. The Morgan fingerprint density at radius 3 is 2.83 bits per heavy atom. The molecule has 7 nitrogen and oxygen atoms in total. The molecule has 0 bridgehead atoms. The fourth-order valence-corrected chi connectivity index (χ4v) is 2.29. The Labute approximate surface area is 137 Å². The third-order valence-corrected chi connectivity index (χ3v) is 3.43. The number of hydrogen-bond donors (Lipinski definition) is 0. The molecule has 0 atom stereocenters. The van der Waals surface area contributed by atoms with Gasteiger partial charge in [0.15, 0.2) is 11.5 Å². The van der Waals surface area contributed by atoms with Crippen molar-refractivity contribution in [1.29, 1.82) is 0 Å². The number of benzene rings is 1. The molecule has 2 heterocycles. The number of carbonyl (C=O) groups excluding carboxylic acids is 1. The maximum atomic E-state index is 12.0. The molecule has 1 aromatic carbocycles. The van der Waals surface area contributed by atoms with Gasteiger partial charge in [-0.25, -0.2) is 4.79 Å². The third kappa shape index (κ3) is 3.15. The molecule has 0 radical (unpaired) electrons. The van der Waals surface area contributed by atoms with Crippen molar-refractivity contribution >= 4 is 5.78 Å². The predicted molar refractivity (Wildman–Crippen MR) is 85.2 cm³/mol. The molecule has 0 unspecified atom stereocenters. The topological polar surface area (TPSA) is 87.5 Å². The highest BCUT2D eigenvalue weighted by atomic mass is 16.5. The average molecular weight is 328 g/mol. The number of hydrogen-bond acceptors (Lipinski definition) is 6. The fraction of sp³-hybridized carbons (Fsp3) is 0.235. The molecule has 0 aliphatic carbocycles. The van der Waals surface area contributed by atoms with Crippen LogP contribution in [0, 0.1) is 0 Å². The van der Waals surface area contributed by atoms with Gasteiger partial charge in [0.25, 0.3) is 5.89 Å². The Morgan fingerprint density at radius 1 is 1.33 bits per heavy atom. The Hall–Kier alpha value is -3.09. The largest absolute Gasteiger partial charge is 0.494 e. The summed E-state index contributed by atoms with van der Waals surface area (Å²) in [6.07, 6.45) is 1.47. The highest BCUT2D eigenvalue weighted by Crippen LogP contribution is 2.22. The van der Waals surface area contributed by atoms with E-state index in [1.165, 1.54) is 17.9 Å². The van der Waals surface area contributed by atoms with Crippen molar-refractivity contribution < 1.29 is 18.4 Å². The number of rotatable bonds is 6. The summed E-state index contributed by atoms with van der Waals surface area (Å²) < 4.78 is 17.0. The summed E-state index contributed by atoms with van der Waals surface area (Å²) in [7, 11) is 0. The van der Waals surface area contributed by atoms with Gasteiger partial charge >= 0.3 is 5.76 Å². The molecule has 24 heavy (non-hydrogen) atoms. The second kappa shape index (κ2) is 6.57. The van der Waals surface area contributed by atoms with Gasteiger partial charge in [-0.15, -0.1) is 5.10 Å². The van der Waals surface area contributed by atoms with Crippen molar-refractivity contribution in [3.63, 3.8) is 0 Å². The first-order chi connectivity index (χ1) is 11.6. The lowest BCUT2D eigenvalue weighted by molar-refractivity contribution is 0.101. The van der Waals surface area contributed by atoms with Crippen LogP contribution in [0.4, 0.5) is 0 Å². The Kier molecular flexibility index (Phi) is 4.33. The standard InChI is InChI=1S/C17H16N2O5/c1-3-22-14-7-6-12(11(2)20)9-13(14)10-19-17(21)24-16(18-19)15-5-4-8-23-15/h4-9H,3,10H2,1-2H3. The first-order valence-electron chi connectivity index (χ1n) is 7.47. The molecule has 0 spiro atoms. The van der Waals surface area contributed by atoms with E-state index in [1.807, 2.05) is 6.92 Å². The summed E-state index contributed by atoms with van der Waals surface area (Å²) in [6.45, 7) is 3.94. The van der Waals surface area contributed by atoms with Crippen molar-refractivity contribution in [2.24, 2.45) is 0 Å². The first-order valence-corrected chi connectivity index (χ1v) is 7.47. The van der Waals surface area contributed by atoms with E-state index in [0.29, 0.717) is 29.2 Å². The van der Waals surface area contributed by atoms with Crippen LogP contribution < -0.4 is 10.5 Å². The lowest BCUT2D eigenvalue weighted by Gasteiger charge is -2.10. The van der Waals surface area contributed by atoms with E-state index < -0.39 is 5.76 Å². The Balaban J connectivity index is 1.97. The van der Waals surface area contributed by atoms with Gasteiger partial charge in [0, 0.05) is 11.1 Å². The lowest BCUT2D eigenvalue weighted by Crippen LogP contribution is -2.17. The van der Waals surface area contributed by atoms with Gasteiger partial charge in [0.2, 0.25) is 0 Å². The van der Waals surface area contributed by atoms with E-state index in [4.69, 9.17) is 13.6 Å². The van der Waals surface area contributed by atoms with Gasteiger partial charge in [-0.1, -0.05) is 0 Å². The van der Waals surface area contributed by atoms with Gasteiger partial charge in [-0.05, 0) is 44.2 Å². The highest BCUT2D eigenvalue weighted by molar-refractivity contribution is 5.94. The highest BCUT2D eigenvalue weighted by Gasteiger charge is 2.15. The summed E-state index contributed by atoms with van der Waals surface area (Å²) in [5.41, 5.74) is 1.21. The summed E-state index contributed by atoms with van der Waals surface area (Å²) in [4.78, 5) is 23.6. The van der Waals surface area contributed by atoms with Crippen molar-refractivity contribution in [2.45, 2.75) is 20.4 Å². The molecule has 0 aliphatic rings. The molecule has 7 heteroatoms. The predicted octanol–water partition coefficient (Wildman–Crippen LogP) is 2.75. The number of nitrogens with zero attached hydrogens (tertiary/aromatic N) is 2. The Bertz CT molecular complexity index is 905. The maximum absolute atomic E-state index is 12.0. The number of carbonyl (C=O) groups is 1. The van der Waals surface area contributed by atoms with Crippen LogP contribution in [0.2, 0.25) is 0 Å². The van der Waals surface area contributed by atoms with E-state index in [9.17, 15) is 9.59 Å². The normalized spacial score (nSPS) is 10.8. The second-order valence-corrected chi connectivity index (χ2v) is 5.12. The van der Waals surface area contributed by atoms with Gasteiger partial charge in [-0.3, -0.25) is 4.79 Å². The van der Waals surface area contributed by atoms with Crippen LogP contribution in [0.15, 0.2) is 50.2 Å². The molecule has 3 aromatic rings. The zero-order chi connectivity index (χ0) is 17.1. The van der Waals surface area contributed by atoms with Gasteiger partial charge in [-0.2, -0.15) is 4.68 Å². The zero-order valence-electron chi connectivity index (χ0n) is 13.3. The first kappa shape index (κ1) is 15.8. The molecule has 0 N–H and O–H groups in total. The Morgan fingerprint density at radius 2 is 2.17 bits per heavy atom. The molecule has 124 valence electrons. The summed E-state index contributed by atoms with van der Waals surface area (Å²) >= 11 is 0. The van der Waals surface area contributed by atoms with Crippen molar-refractivity contribution in [3.8, 4) is 17.4 Å². The molecular formula is C17H16N2O5. The molecule has 0 aliphatic heterocycles. The lowest BCUT2D eigenvalue weighted by atomic mass is 10.1. The van der Waals surface area contributed by atoms with Crippen molar-refractivity contribution in [3.05, 3.63) is 58.3 Å². The minimum absolute atomic E-state index is 0.0666. The SMILES string of the molecule is CCOc1ccc(C(C)=O)cc1Cn1nc(-c2ccco2)oc1=O. The summed E-state index contributed by atoms with van der Waals surface area (Å²) in [5, 5.41) is 4.13. The molecule has 0 saturated heterocycles. The smallest absolute Gasteiger partial charge is 0.437 e. The zero-order valence-corrected chi connectivity index (χ0v) is 13.3. The molecule has 0 saturated carbocycles.